The summed E-state index contributed by atoms with van der Waals surface area (Å²) < 4.78 is 0. The van der Waals surface area contributed by atoms with E-state index in [1.54, 1.807) is 0 Å². The van der Waals surface area contributed by atoms with E-state index in [1.807, 2.05) is 6.20 Å². The molecule has 1 unspecified atom stereocenters. The highest BCUT2D eigenvalue weighted by Crippen LogP contribution is 2.35. The molecule has 1 heteroatoms. The molecule has 1 aromatic carbocycles. The molecule has 2 rings (SSSR count). The van der Waals surface area contributed by atoms with Crippen molar-refractivity contribution in [3.63, 3.8) is 0 Å². The summed E-state index contributed by atoms with van der Waals surface area (Å²) in [6.07, 6.45) is 9.76. The van der Waals surface area contributed by atoms with Gasteiger partial charge < -0.3 is 0 Å². The van der Waals surface area contributed by atoms with Crippen LogP contribution in [0.2, 0.25) is 0 Å². The van der Waals surface area contributed by atoms with Crippen LogP contribution in [0.1, 0.15) is 70.4 Å². The summed E-state index contributed by atoms with van der Waals surface area (Å²) in [4.78, 5) is 4.48. The summed E-state index contributed by atoms with van der Waals surface area (Å²) in [6.45, 7) is 9.20. The van der Waals surface area contributed by atoms with Gasteiger partial charge >= 0.3 is 0 Å². The Morgan fingerprint density at radius 3 is 2.57 bits per heavy atom. The lowest BCUT2D eigenvalue weighted by Gasteiger charge is -2.29. The number of hydrogen-bond donors (Lipinski definition) is 0. The van der Waals surface area contributed by atoms with E-state index in [-0.39, 0.29) is 0 Å². The summed E-state index contributed by atoms with van der Waals surface area (Å²) in [6, 6.07) is 8.97. The van der Waals surface area contributed by atoms with Crippen LogP contribution in [-0.2, 0) is 5.41 Å². The molecule has 2 aromatic rings. The third kappa shape index (κ3) is 3.64. The average Bonchev–Trinajstić information content (AvgIpc) is 2.51. The monoisotopic (exact) mass is 283 g/mol. The second kappa shape index (κ2) is 7.06. The third-order valence-corrected chi connectivity index (χ3v) is 5.02. The van der Waals surface area contributed by atoms with E-state index < -0.39 is 0 Å². The maximum atomic E-state index is 4.48. The minimum absolute atomic E-state index is 0.296. The molecule has 0 bridgehead atoms. The molecule has 0 aliphatic heterocycles. The van der Waals surface area contributed by atoms with E-state index in [0.717, 1.165) is 5.52 Å². The van der Waals surface area contributed by atoms with Gasteiger partial charge in [-0.3, -0.25) is 4.98 Å². The minimum Gasteiger partial charge on any atom is -0.256 e. The predicted molar refractivity (Wildman–Crippen MR) is 92.9 cm³/mol. The van der Waals surface area contributed by atoms with Crippen molar-refractivity contribution in [2.75, 3.05) is 0 Å². The molecule has 1 atom stereocenters. The van der Waals surface area contributed by atoms with Crippen LogP contribution in [0.15, 0.2) is 30.5 Å². The van der Waals surface area contributed by atoms with E-state index in [1.165, 1.54) is 55.0 Å². The molecule has 0 saturated carbocycles. The Balaban J connectivity index is 2.26. The van der Waals surface area contributed by atoms with Gasteiger partial charge in [0.25, 0.3) is 0 Å². The van der Waals surface area contributed by atoms with Gasteiger partial charge in [-0.05, 0) is 54.5 Å². The van der Waals surface area contributed by atoms with Gasteiger partial charge in [-0.1, -0.05) is 52.5 Å². The van der Waals surface area contributed by atoms with Crippen molar-refractivity contribution in [1.29, 1.82) is 0 Å². The van der Waals surface area contributed by atoms with Crippen molar-refractivity contribution in [2.24, 2.45) is 0 Å². The summed E-state index contributed by atoms with van der Waals surface area (Å²) in [5, 5.41) is 1.31. The van der Waals surface area contributed by atoms with Crippen LogP contribution in [0.4, 0.5) is 0 Å². The van der Waals surface area contributed by atoms with Crippen molar-refractivity contribution in [2.45, 2.75) is 71.6 Å². The van der Waals surface area contributed by atoms with Crippen molar-refractivity contribution < 1.29 is 0 Å². The maximum absolute atomic E-state index is 4.48. The second-order valence-corrected chi connectivity index (χ2v) is 6.58. The molecule has 0 N–H and O–H groups in total. The summed E-state index contributed by atoms with van der Waals surface area (Å²) in [5.74, 6) is 0. The maximum Gasteiger partial charge on any atom is 0.0704 e. The topological polar surface area (TPSA) is 12.9 Å². The Morgan fingerprint density at radius 2 is 1.86 bits per heavy atom. The van der Waals surface area contributed by atoms with Gasteiger partial charge in [-0.25, -0.2) is 0 Å². The first-order chi connectivity index (χ1) is 10.1. The molecule has 21 heavy (non-hydrogen) atoms. The fourth-order valence-corrected chi connectivity index (χ4v) is 3.13. The Hall–Kier alpha value is -1.37. The highest BCUT2D eigenvalue weighted by atomic mass is 14.6. The SMILES string of the molecule is CCCCCCC(C)(CC)c1ccc2nccc(C)c2c1. The first kappa shape index (κ1) is 16.0. The molecule has 0 aliphatic carbocycles. The number of hydrogen-bond acceptors (Lipinski definition) is 1. The number of pyridine rings is 1. The number of aryl methyl sites for hydroxylation is 1. The van der Waals surface area contributed by atoms with E-state index in [9.17, 15) is 0 Å². The summed E-state index contributed by atoms with van der Waals surface area (Å²) in [7, 11) is 0. The number of aromatic nitrogens is 1. The van der Waals surface area contributed by atoms with Crippen LogP contribution >= 0.6 is 0 Å². The minimum atomic E-state index is 0.296. The van der Waals surface area contributed by atoms with Gasteiger partial charge in [-0.2, -0.15) is 0 Å². The fraction of sp³-hybridized carbons (Fsp3) is 0.550. The first-order valence-electron chi connectivity index (χ1n) is 8.46. The molecule has 0 spiro atoms. The Morgan fingerprint density at radius 1 is 1.05 bits per heavy atom. The van der Waals surface area contributed by atoms with Crippen LogP contribution in [-0.4, -0.2) is 4.98 Å². The zero-order valence-corrected chi connectivity index (χ0v) is 14.1. The number of nitrogens with zero attached hydrogens (tertiary/aromatic N) is 1. The molecule has 114 valence electrons. The number of rotatable bonds is 7. The lowest BCUT2D eigenvalue weighted by atomic mass is 9.75. The molecule has 0 saturated heterocycles. The molecule has 1 nitrogen and oxygen atoms in total. The lowest BCUT2D eigenvalue weighted by molar-refractivity contribution is 0.396. The van der Waals surface area contributed by atoms with Crippen LogP contribution in [0, 0.1) is 6.92 Å². The van der Waals surface area contributed by atoms with Crippen LogP contribution < -0.4 is 0 Å². The van der Waals surface area contributed by atoms with Gasteiger partial charge in [0.15, 0.2) is 0 Å². The van der Waals surface area contributed by atoms with Crippen molar-refractivity contribution in [1.82, 2.24) is 4.98 Å². The van der Waals surface area contributed by atoms with E-state index in [2.05, 4.69) is 56.9 Å². The highest BCUT2D eigenvalue weighted by Gasteiger charge is 2.24. The van der Waals surface area contributed by atoms with E-state index >= 15 is 0 Å². The van der Waals surface area contributed by atoms with Gasteiger partial charge in [0, 0.05) is 11.6 Å². The van der Waals surface area contributed by atoms with Gasteiger partial charge in [-0.15, -0.1) is 0 Å². The largest absolute Gasteiger partial charge is 0.256 e. The van der Waals surface area contributed by atoms with Gasteiger partial charge in [0.05, 0.1) is 5.52 Å². The molecule has 0 aliphatic rings. The Kier molecular flexibility index (Phi) is 5.39. The van der Waals surface area contributed by atoms with Crippen molar-refractivity contribution in [3.05, 3.63) is 41.6 Å². The molecule has 0 amide bonds. The predicted octanol–water partition coefficient (Wildman–Crippen LogP) is 6.18. The van der Waals surface area contributed by atoms with Crippen molar-refractivity contribution in [3.8, 4) is 0 Å². The van der Waals surface area contributed by atoms with E-state index in [4.69, 9.17) is 0 Å². The zero-order valence-electron chi connectivity index (χ0n) is 14.1. The summed E-state index contributed by atoms with van der Waals surface area (Å²) >= 11 is 0. The number of unbranched alkanes of at least 4 members (excludes halogenated alkanes) is 3. The molecule has 0 radical (unpaired) electrons. The lowest BCUT2D eigenvalue weighted by Crippen LogP contribution is -2.20. The van der Waals surface area contributed by atoms with Crippen molar-refractivity contribution >= 4 is 10.9 Å². The summed E-state index contributed by atoms with van der Waals surface area (Å²) in [5.41, 5.74) is 4.21. The number of fused-ring (bicyclic) bond motifs is 1. The van der Waals surface area contributed by atoms with Gasteiger partial charge in [0.1, 0.15) is 0 Å². The molecule has 0 fully saturated rings. The normalized spacial score (nSPS) is 14.3. The quantitative estimate of drug-likeness (QED) is 0.553. The average molecular weight is 283 g/mol. The molecule has 1 aromatic heterocycles. The molecular weight excluding hydrogens is 254 g/mol. The van der Waals surface area contributed by atoms with Crippen LogP contribution in [0.3, 0.4) is 0 Å². The van der Waals surface area contributed by atoms with Crippen LogP contribution in [0.5, 0.6) is 0 Å². The standard InChI is InChI=1S/C20H29N/c1-5-7-8-9-13-20(4,6-2)17-10-11-19-18(15-17)16(3)12-14-21-19/h10-12,14-15H,5-9,13H2,1-4H3. The highest BCUT2D eigenvalue weighted by molar-refractivity contribution is 5.82. The Bertz CT molecular complexity index is 587. The van der Waals surface area contributed by atoms with Crippen LogP contribution in [0.25, 0.3) is 10.9 Å². The Labute approximate surface area is 129 Å². The molecular formula is C20H29N. The fourth-order valence-electron chi connectivity index (χ4n) is 3.13. The second-order valence-electron chi connectivity index (χ2n) is 6.58. The number of benzene rings is 1. The van der Waals surface area contributed by atoms with Gasteiger partial charge in [0.2, 0.25) is 0 Å². The zero-order chi connectivity index (χ0) is 15.3. The molecule has 1 heterocycles. The smallest absolute Gasteiger partial charge is 0.0704 e. The van der Waals surface area contributed by atoms with E-state index in [0.29, 0.717) is 5.41 Å². The third-order valence-electron chi connectivity index (χ3n) is 5.02. The first-order valence-corrected chi connectivity index (χ1v) is 8.46.